The molecule has 1 aromatic heterocycles. The number of hydrogen-bond donors (Lipinski definition) is 0. The van der Waals surface area contributed by atoms with Crippen LogP contribution < -0.4 is 4.90 Å². The van der Waals surface area contributed by atoms with E-state index in [9.17, 15) is 0 Å². The Labute approximate surface area is 154 Å². The zero-order valence-electron chi connectivity index (χ0n) is 14.9. The van der Waals surface area contributed by atoms with E-state index in [0.29, 0.717) is 6.61 Å². The van der Waals surface area contributed by atoms with E-state index in [0.717, 1.165) is 32.5 Å². The van der Waals surface area contributed by atoms with E-state index in [1.54, 1.807) is 11.3 Å². The number of ether oxygens (including phenoxy) is 2. The van der Waals surface area contributed by atoms with Crippen LogP contribution in [0.5, 0.6) is 0 Å². The average molecular weight is 358 g/mol. The minimum Gasteiger partial charge on any atom is -0.369 e. The highest BCUT2D eigenvalue weighted by atomic mass is 32.1. The van der Waals surface area contributed by atoms with Gasteiger partial charge in [0.1, 0.15) is 0 Å². The Balaban J connectivity index is 1.50. The summed E-state index contributed by atoms with van der Waals surface area (Å²) in [5.74, 6) is 0. The molecule has 1 unspecified atom stereocenters. The number of thiophene rings is 1. The van der Waals surface area contributed by atoms with Crippen LogP contribution in [0.25, 0.3) is 12.2 Å². The van der Waals surface area contributed by atoms with Gasteiger partial charge in [-0.1, -0.05) is 24.3 Å². The lowest BCUT2D eigenvalue weighted by Crippen LogP contribution is -2.30. The Morgan fingerprint density at radius 1 is 1.20 bits per heavy atom. The number of anilines is 1. The van der Waals surface area contributed by atoms with Crippen molar-refractivity contribution in [3.8, 4) is 0 Å². The molecule has 0 bridgehead atoms. The van der Waals surface area contributed by atoms with Crippen LogP contribution >= 0.6 is 11.3 Å². The second kappa shape index (κ2) is 9.76. The van der Waals surface area contributed by atoms with Gasteiger partial charge in [0.25, 0.3) is 0 Å². The van der Waals surface area contributed by atoms with E-state index in [1.165, 1.54) is 22.5 Å². The molecule has 3 rings (SSSR count). The first-order chi connectivity index (χ1) is 12.3. The van der Waals surface area contributed by atoms with E-state index in [4.69, 9.17) is 9.47 Å². The van der Waals surface area contributed by atoms with Crippen molar-refractivity contribution >= 4 is 29.2 Å². The van der Waals surface area contributed by atoms with Gasteiger partial charge in [0, 0.05) is 30.3 Å². The van der Waals surface area contributed by atoms with Crippen LogP contribution in [0.1, 0.15) is 36.6 Å². The van der Waals surface area contributed by atoms with Gasteiger partial charge in [-0.2, -0.15) is 0 Å². The fourth-order valence-electron chi connectivity index (χ4n) is 2.97. The maximum Gasteiger partial charge on any atom is 0.157 e. The van der Waals surface area contributed by atoms with Crippen LogP contribution in [0, 0.1) is 0 Å². The molecular formula is C21H27NO2S. The summed E-state index contributed by atoms with van der Waals surface area (Å²) in [7, 11) is 0. The smallest absolute Gasteiger partial charge is 0.157 e. The summed E-state index contributed by atoms with van der Waals surface area (Å²) in [5, 5.41) is 2.10. The second-order valence-corrected chi connectivity index (χ2v) is 7.17. The largest absolute Gasteiger partial charge is 0.369 e. The van der Waals surface area contributed by atoms with Crippen molar-refractivity contribution in [2.45, 2.75) is 32.5 Å². The first-order valence-corrected chi connectivity index (χ1v) is 10.0. The lowest BCUT2D eigenvalue weighted by Gasteiger charge is -2.26. The molecule has 0 amide bonds. The van der Waals surface area contributed by atoms with Crippen LogP contribution in [0.4, 0.5) is 5.69 Å². The molecule has 2 aromatic rings. The van der Waals surface area contributed by atoms with Crippen LogP contribution in [-0.2, 0) is 9.47 Å². The summed E-state index contributed by atoms with van der Waals surface area (Å²) < 4.78 is 11.5. The molecule has 0 saturated carbocycles. The highest BCUT2D eigenvalue weighted by Gasteiger charge is 2.14. The summed E-state index contributed by atoms with van der Waals surface area (Å²) >= 11 is 1.76. The monoisotopic (exact) mass is 357 g/mol. The van der Waals surface area contributed by atoms with Crippen LogP contribution in [0.2, 0.25) is 0 Å². The van der Waals surface area contributed by atoms with Gasteiger partial charge < -0.3 is 14.4 Å². The fourth-order valence-corrected chi connectivity index (χ4v) is 3.59. The Kier molecular flexibility index (Phi) is 7.10. The van der Waals surface area contributed by atoms with E-state index < -0.39 is 0 Å². The summed E-state index contributed by atoms with van der Waals surface area (Å²) in [5.41, 5.74) is 2.46. The zero-order chi connectivity index (χ0) is 17.3. The lowest BCUT2D eigenvalue weighted by atomic mass is 10.1. The predicted octanol–water partition coefficient (Wildman–Crippen LogP) is 5.29. The van der Waals surface area contributed by atoms with Gasteiger partial charge in [-0.25, -0.2) is 0 Å². The first kappa shape index (κ1) is 18.2. The quantitative estimate of drug-likeness (QED) is 0.641. The first-order valence-electron chi connectivity index (χ1n) is 9.15. The molecule has 2 heterocycles. The predicted molar refractivity (Wildman–Crippen MR) is 107 cm³/mol. The molecule has 1 aliphatic rings. The molecule has 0 radical (unpaired) electrons. The van der Waals surface area contributed by atoms with Crippen molar-refractivity contribution in [2.75, 3.05) is 31.2 Å². The van der Waals surface area contributed by atoms with Gasteiger partial charge in [0.05, 0.1) is 6.61 Å². The standard InChI is InChI=1S/C21H27NO2S/c1-2-22(14-16-24-21-7-3-4-15-23-21)19-11-8-18(9-12-19)10-13-20-6-5-17-25-20/h5-6,8-13,17,21H,2-4,7,14-16H2,1H3/b13-10+. The topological polar surface area (TPSA) is 21.7 Å². The van der Waals surface area contributed by atoms with Crippen LogP contribution in [-0.4, -0.2) is 32.6 Å². The Bertz CT molecular complexity index is 630. The molecule has 1 aromatic carbocycles. The van der Waals surface area contributed by atoms with Crippen molar-refractivity contribution in [2.24, 2.45) is 0 Å². The lowest BCUT2D eigenvalue weighted by molar-refractivity contribution is -0.160. The third-order valence-corrected chi connectivity index (χ3v) is 5.26. The molecule has 4 heteroatoms. The number of benzene rings is 1. The van der Waals surface area contributed by atoms with Crippen molar-refractivity contribution in [3.05, 3.63) is 52.2 Å². The van der Waals surface area contributed by atoms with E-state index in [1.807, 2.05) is 0 Å². The molecule has 1 fully saturated rings. The van der Waals surface area contributed by atoms with Gasteiger partial charge in [-0.15, -0.1) is 11.3 Å². The molecule has 3 nitrogen and oxygen atoms in total. The highest BCUT2D eigenvalue weighted by molar-refractivity contribution is 7.10. The number of likely N-dealkylation sites (N-methyl/N-ethyl adjacent to an activating group) is 1. The molecular weight excluding hydrogens is 330 g/mol. The van der Waals surface area contributed by atoms with E-state index >= 15 is 0 Å². The van der Waals surface area contributed by atoms with Gasteiger partial charge in [0.15, 0.2) is 6.29 Å². The number of nitrogens with zero attached hydrogens (tertiary/aromatic N) is 1. The molecule has 1 atom stereocenters. The fraction of sp³-hybridized carbons (Fsp3) is 0.429. The summed E-state index contributed by atoms with van der Waals surface area (Å²) in [6.07, 6.45) is 7.72. The van der Waals surface area contributed by atoms with Crippen LogP contribution in [0.3, 0.4) is 0 Å². The molecule has 25 heavy (non-hydrogen) atoms. The average Bonchev–Trinajstić information content (AvgIpc) is 3.19. The van der Waals surface area contributed by atoms with Crippen molar-refractivity contribution in [3.63, 3.8) is 0 Å². The SMILES string of the molecule is CCN(CCOC1CCCCO1)c1ccc(/C=C/c2cccs2)cc1. The van der Waals surface area contributed by atoms with Crippen molar-refractivity contribution in [1.82, 2.24) is 0 Å². The summed E-state index contributed by atoms with van der Waals surface area (Å²) in [4.78, 5) is 3.62. The normalized spacial score (nSPS) is 17.9. The van der Waals surface area contributed by atoms with E-state index in [2.05, 4.69) is 65.8 Å². The highest BCUT2D eigenvalue weighted by Crippen LogP contribution is 2.19. The Morgan fingerprint density at radius 2 is 2.08 bits per heavy atom. The number of hydrogen-bond acceptors (Lipinski definition) is 4. The molecule has 0 N–H and O–H groups in total. The van der Waals surface area contributed by atoms with E-state index in [-0.39, 0.29) is 6.29 Å². The minimum atomic E-state index is -0.00257. The molecule has 0 spiro atoms. The molecule has 1 saturated heterocycles. The van der Waals surface area contributed by atoms with Gasteiger partial charge >= 0.3 is 0 Å². The summed E-state index contributed by atoms with van der Waals surface area (Å²) in [6.45, 7) is 5.59. The van der Waals surface area contributed by atoms with Gasteiger partial charge in [-0.05, 0) is 61.4 Å². The van der Waals surface area contributed by atoms with Crippen LogP contribution in [0.15, 0.2) is 41.8 Å². The second-order valence-electron chi connectivity index (χ2n) is 6.19. The van der Waals surface area contributed by atoms with Gasteiger partial charge in [-0.3, -0.25) is 0 Å². The van der Waals surface area contributed by atoms with Crippen molar-refractivity contribution < 1.29 is 9.47 Å². The third-order valence-electron chi connectivity index (χ3n) is 4.43. The Morgan fingerprint density at radius 3 is 2.76 bits per heavy atom. The van der Waals surface area contributed by atoms with Crippen molar-refractivity contribution in [1.29, 1.82) is 0 Å². The number of rotatable bonds is 8. The minimum absolute atomic E-state index is 0.00257. The Hall–Kier alpha value is -1.62. The molecule has 134 valence electrons. The zero-order valence-corrected chi connectivity index (χ0v) is 15.7. The summed E-state index contributed by atoms with van der Waals surface area (Å²) in [6, 6.07) is 12.9. The third kappa shape index (κ3) is 5.70. The molecule has 0 aliphatic carbocycles. The maximum absolute atomic E-state index is 5.87. The maximum atomic E-state index is 5.87. The van der Waals surface area contributed by atoms with Gasteiger partial charge in [0.2, 0.25) is 0 Å². The molecule has 1 aliphatic heterocycles.